The van der Waals surface area contributed by atoms with Crippen LogP contribution in [0.4, 0.5) is 10.5 Å². The van der Waals surface area contributed by atoms with E-state index in [1.807, 2.05) is 24.3 Å². The molecule has 1 aromatic heterocycles. The Morgan fingerprint density at radius 1 is 1.12 bits per heavy atom. The van der Waals surface area contributed by atoms with Gasteiger partial charge in [-0.1, -0.05) is 30.3 Å². The number of fused-ring (bicyclic) bond motifs is 1. The van der Waals surface area contributed by atoms with E-state index in [1.54, 1.807) is 11.3 Å². The third-order valence-electron chi connectivity index (χ3n) is 4.70. The molecule has 5 nitrogen and oxygen atoms in total. The van der Waals surface area contributed by atoms with E-state index in [0.717, 1.165) is 34.7 Å². The number of hydrogen-bond donors (Lipinski definition) is 2. The molecule has 1 unspecified atom stereocenters. The van der Waals surface area contributed by atoms with Gasteiger partial charge >= 0.3 is 6.03 Å². The number of hydrogen-bond acceptors (Lipinski definition) is 4. The van der Waals surface area contributed by atoms with Crippen LogP contribution >= 0.6 is 11.3 Å². The Morgan fingerprint density at radius 3 is 2.77 bits per heavy atom. The van der Waals surface area contributed by atoms with Crippen LogP contribution < -0.4 is 15.5 Å². The zero-order valence-corrected chi connectivity index (χ0v) is 15.3. The highest BCUT2D eigenvalue weighted by Gasteiger charge is 2.22. The summed E-state index contributed by atoms with van der Waals surface area (Å²) in [6.45, 7) is 3.20. The van der Waals surface area contributed by atoms with Gasteiger partial charge in [-0.05, 0) is 36.6 Å². The first kappa shape index (κ1) is 16.8. The topological polar surface area (TPSA) is 57.3 Å². The van der Waals surface area contributed by atoms with Crippen molar-refractivity contribution in [3.63, 3.8) is 0 Å². The summed E-state index contributed by atoms with van der Waals surface area (Å²) < 4.78 is 1.15. The Kier molecular flexibility index (Phi) is 5.02. The Hall–Kier alpha value is -2.60. The van der Waals surface area contributed by atoms with Crippen LogP contribution in [0, 0.1) is 5.92 Å². The number of urea groups is 1. The molecule has 1 saturated heterocycles. The summed E-state index contributed by atoms with van der Waals surface area (Å²) in [5.41, 5.74) is 2.25. The summed E-state index contributed by atoms with van der Waals surface area (Å²) in [5, 5.41) is 6.84. The highest BCUT2D eigenvalue weighted by Crippen LogP contribution is 2.23. The second-order valence-electron chi connectivity index (χ2n) is 6.58. The number of nitrogens with one attached hydrogen (secondary N) is 2. The largest absolute Gasteiger partial charge is 0.371 e. The number of amides is 2. The molecule has 2 aromatic carbocycles. The number of para-hydroxylation sites is 2. The number of aromatic nitrogens is 1. The molecule has 134 valence electrons. The maximum atomic E-state index is 12.1. The molecule has 4 rings (SSSR count). The van der Waals surface area contributed by atoms with Gasteiger partial charge in [0.25, 0.3) is 0 Å². The van der Waals surface area contributed by atoms with Crippen molar-refractivity contribution >= 4 is 33.3 Å². The average molecular weight is 366 g/mol. The van der Waals surface area contributed by atoms with E-state index in [-0.39, 0.29) is 6.03 Å². The lowest BCUT2D eigenvalue weighted by Gasteiger charge is -2.18. The van der Waals surface area contributed by atoms with Gasteiger partial charge in [-0.2, -0.15) is 0 Å². The number of rotatable bonds is 5. The van der Waals surface area contributed by atoms with E-state index < -0.39 is 0 Å². The van der Waals surface area contributed by atoms with Gasteiger partial charge in [0, 0.05) is 25.3 Å². The molecule has 0 radical (unpaired) electrons. The summed E-state index contributed by atoms with van der Waals surface area (Å²) >= 11 is 1.62. The van der Waals surface area contributed by atoms with Gasteiger partial charge in [-0.25, -0.2) is 9.78 Å². The van der Waals surface area contributed by atoms with E-state index in [9.17, 15) is 4.79 Å². The van der Waals surface area contributed by atoms with Crippen molar-refractivity contribution in [2.24, 2.45) is 5.92 Å². The summed E-state index contributed by atoms with van der Waals surface area (Å²) in [5.74, 6) is 0.489. The maximum Gasteiger partial charge on any atom is 0.315 e. The molecular weight excluding hydrogens is 344 g/mol. The Balaban J connectivity index is 1.22. The van der Waals surface area contributed by atoms with Crippen LogP contribution in [0.5, 0.6) is 0 Å². The van der Waals surface area contributed by atoms with Crippen molar-refractivity contribution < 1.29 is 4.79 Å². The van der Waals surface area contributed by atoms with E-state index in [0.29, 0.717) is 19.0 Å². The number of nitrogens with zero attached hydrogens (tertiary/aromatic N) is 2. The molecule has 0 aliphatic carbocycles. The number of benzene rings is 2. The van der Waals surface area contributed by atoms with Crippen LogP contribution in [0.2, 0.25) is 0 Å². The maximum absolute atomic E-state index is 12.1. The summed E-state index contributed by atoms with van der Waals surface area (Å²) in [7, 11) is 0. The number of carbonyl (C=O) groups is 1. The minimum atomic E-state index is -0.123. The third-order valence-corrected chi connectivity index (χ3v) is 5.73. The standard InChI is InChI=1S/C20H22N4OS/c25-20(22-13-19-23-17-8-4-5-9-18(17)26-19)21-12-15-10-11-24(14-15)16-6-2-1-3-7-16/h1-9,15H,10-14H2,(H2,21,22,25). The summed E-state index contributed by atoms with van der Waals surface area (Å²) in [6, 6.07) is 18.4. The van der Waals surface area contributed by atoms with Crippen molar-refractivity contribution in [1.29, 1.82) is 0 Å². The quantitative estimate of drug-likeness (QED) is 0.725. The third kappa shape index (κ3) is 3.96. The second kappa shape index (κ2) is 7.74. The predicted molar refractivity (Wildman–Crippen MR) is 107 cm³/mol. The van der Waals surface area contributed by atoms with Crippen molar-refractivity contribution in [2.45, 2.75) is 13.0 Å². The van der Waals surface area contributed by atoms with E-state index >= 15 is 0 Å². The van der Waals surface area contributed by atoms with Gasteiger partial charge in [-0.15, -0.1) is 11.3 Å². The van der Waals surface area contributed by atoms with Crippen molar-refractivity contribution in [1.82, 2.24) is 15.6 Å². The molecule has 1 aliphatic heterocycles. The van der Waals surface area contributed by atoms with Crippen LogP contribution in [0.1, 0.15) is 11.4 Å². The van der Waals surface area contributed by atoms with Crippen LogP contribution in [0.25, 0.3) is 10.2 Å². The summed E-state index contributed by atoms with van der Waals surface area (Å²) in [6.07, 6.45) is 1.10. The molecular formula is C20H22N4OS. The molecule has 1 aliphatic rings. The normalized spacial score (nSPS) is 16.8. The predicted octanol–water partition coefficient (Wildman–Crippen LogP) is 3.62. The first-order valence-corrected chi connectivity index (χ1v) is 9.76. The lowest BCUT2D eigenvalue weighted by atomic mass is 10.1. The molecule has 6 heteroatoms. The molecule has 2 heterocycles. The molecule has 1 atom stereocenters. The molecule has 0 spiro atoms. The zero-order chi connectivity index (χ0) is 17.8. The lowest BCUT2D eigenvalue weighted by Crippen LogP contribution is -2.38. The molecule has 3 aromatic rings. The molecule has 2 amide bonds. The fourth-order valence-electron chi connectivity index (χ4n) is 3.32. The molecule has 2 N–H and O–H groups in total. The van der Waals surface area contributed by atoms with E-state index in [4.69, 9.17) is 0 Å². The van der Waals surface area contributed by atoms with Gasteiger partial charge < -0.3 is 15.5 Å². The van der Waals surface area contributed by atoms with Gasteiger partial charge in [0.2, 0.25) is 0 Å². The summed E-state index contributed by atoms with van der Waals surface area (Å²) in [4.78, 5) is 19.0. The molecule has 0 saturated carbocycles. The first-order valence-electron chi connectivity index (χ1n) is 8.94. The van der Waals surface area contributed by atoms with Gasteiger partial charge in [0.15, 0.2) is 0 Å². The van der Waals surface area contributed by atoms with Crippen LogP contribution in [-0.4, -0.2) is 30.6 Å². The fraction of sp³-hybridized carbons (Fsp3) is 0.300. The Morgan fingerprint density at radius 2 is 1.92 bits per heavy atom. The minimum absolute atomic E-state index is 0.123. The SMILES string of the molecule is O=C(NCc1nc2ccccc2s1)NCC1CCN(c2ccccc2)C1. The van der Waals surface area contributed by atoms with E-state index in [2.05, 4.69) is 50.8 Å². The minimum Gasteiger partial charge on any atom is -0.371 e. The number of anilines is 1. The van der Waals surface area contributed by atoms with Crippen molar-refractivity contribution in [3.8, 4) is 0 Å². The molecule has 26 heavy (non-hydrogen) atoms. The number of thiazole rings is 1. The van der Waals surface area contributed by atoms with Crippen molar-refractivity contribution in [2.75, 3.05) is 24.5 Å². The van der Waals surface area contributed by atoms with Crippen LogP contribution in [0.15, 0.2) is 54.6 Å². The monoisotopic (exact) mass is 366 g/mol. The smallest absolute Gasteiger partial charge is 0.315 e. The van der Waals surface area contributed by atoms with E-state index in [1.165, 1.54) is 5.69 Å². The zero-order valence-electron chi connectivity index (χ0n) is 14.5. The molecule has 0 bridgehead atoms. The lowest BCUT2D eigenvalue weighted by molar-refractivity contribution is 0.239. The van der Waals surface area contributed by atoms with Gasteiger partial charge in [0.1, 0.15) is 5.01 Å². The fourth-order valence-corrected chi connectivity index (χ4v) is 4.23. The van der Waals surface area contributed by atoms with Gasteiger partial charge in [-0.3, -0.25) is 0 Å². The second-order valence-corrected chi connectivity index (χ2v) is 7.69. The van der Waals surface area contributed by atoms with Crippen molar-refractivity contribution in [3.05, 3.63) is 59.6 Å². The Labute approximate surface area is 157 Å². The first-order chi connectivity index (χ1) is 12.8. The number of carbonyl (C=O) groups excluding carboxylic acids is 1. The Bertz CT molecular complexity index is 847. The highest BCUT2D eigenvalue weighted by atomic mass is 32.1. The van der Waals surface area contributed by atoms with Crippen LogP contribution in [0.3, 0.4) is 0 Å². The van der Waals surface area contributed by atoms with Crippen LogP contribution in [-0.2, 0) is 6.54 Å². The van der Waals surface area contributed by atoms with Gasteiger partial charge in [0.05, 0.1) is 16.8 Å². The average Bonchev–Trinajstić information content (AvgIpc) is 3.32. The molecule has 1 fully saturated rings. The highest BCUT2D eigenvalue weighted by molar-refractivity contribution is 7.18.